The van der Waals surface area contributed by atoms with Crippen molar-refractivity contribution in [2.45, 2.75) is 25.7 Å². The van der Waals surface area contributed by atoms with Crippen molar-refractivity contribution in [1.82, 2.24) is 20.6 Å². The molecular formula is C14H18N6O. The first-order valence-electron chi connectivity index (χ1n) is 7.05. The van der Waals surface area contributed by atoms with Crippen LogP contribution >= 0.6 is 0 Å². The SMILES string of the molecule is NCC1(CC(=O)Nc2cccc(-c3nn[nH]n3)c2)CCC1. The first-order valence-corrected chi connectivity index (χ1v) is 7.05. The number of anilines is 1. The Hall–Kier alpha value is -2.28. The molecule has 1 aromatic carbocycles. The Morgan fingerprint density at radius 2 is 2.29 bits per heavy atom. The molecule has 3 rings (SSSR count). The largest absolute Gasteiger partial charge is 0.330 e. The fourth-order valence-electron chi connectivity index (χ4n) is 2.70. The molecule has 0 spiro atoms. The number of nitrogens with one attached hydrogen (secondary N) is 2. The Morgan fingerprint density at radius 1 is 1.43 bits per heavy atom. The van der Waals surface area contributed by atoms with Crippen molar-refractivity contribution in [1.29, 1.82) is 0 Å². The molecule has 0 radical (unpaired) electrons. The van der Waals surface area contributed by atoms with Gasteiger partial charge in [-0.1, -0.05) is 18.6 Å². The van der Waals surface area contributed by atoms with Crippen LogP contribution in [-0.4, -0.2) is 33.1 Å². The van der Waals surface area contributed by atoms with Crippen LogP contribution in [0.2, 0.25) is 0 Å². The molecule has 1 aliphatic rings. The highest BCUT2D eigenvalue weighted by molar-refractivity contribution is 5.91. The van der Waals surface area contributed by atoms with Gasteiger partial charge < -0.3 is 11.1 Å². The summed E-state index contributed by atoms with van der Waals surface area (Å²) in [4.78, 5) is 12.2. The van der Waals surface area contributed by atoms with E-state index in [0.29, 0.717) is 18.8 Å². The van der Waals surface area contributed by atoms with Gasteiger partial charge in [-0.2, -0.15) is 5.21 Å². The quantitative estimate of drug-likeness (QED) is 0.768. The monoisotopic (exact) mass is 286 g/mol. The Balaban J connectivity index is 1.67. The highest BCUT2D eigenvalue weighted by atomic mass is 16.1. The zero-order valence-electron chi connectivity index (χ0n) is 11.7. The number of hydrogen-bond donors (Lipinski definition) is 3. The number of H-pyrrole nitrogens is 1. The third-order valence-electron chi connectivity index (χ3n) is 4.13. The summed E-state index contributed by atoms with van der Waals surface area (Å²) in [5, 5.41) is 16.7. The van der Waals surface area contributed by atoms with Crippen molar-refractivity contribution < 1.29 is 4.79 Å². The summed E-state index contributed by atoms with van der Waals surface area (Å²) in [7, 11) is 0. The maximum Gasteiger partial charge on any atom is 0.224 e. The van der Waals surface area contributed by atoms with Gasteiger partial charge in [0.15, 0.2) is 0 Å². The van der Waals surface area contributed by atoms with Crippen LogP contribution in [-0.2, 0) is 4.79 Å². The highest BCUT2D eigenvalue weighted by Crippen LogP contribution is 2.43. The van der Waals surface area contributed by atoms with Crippen LogP contribution in [0.1, 0.15) is 25.7 Å². The molecule has 7 nitrogen and oxygen atoms in total. The molecule has 1 aliphatic carbocycles. The number of aromatic amines is 1. The summed E-state index contributed by atoms with van der Waals surface area (Å²) in [5.74, 6) is 0.508. The van der Waals surface area contributed by atoms with Crippen molar-refractivity contribution >= 4 is 11.6 Å². The van der Waals surface area contributed by atoms with E-state index >= 15 is 0 Å². The maximum absolute atomic E-state index is 12.2. The standard InChI is InChI=1S/C14H18N6O/c15-9-14(5-2-6-14)8-12(21)16-11-4-1-3-10(7-11)13-17-19-20-18-13/h1,3-4,7H,2,5-6,8-9,15H2,(H,16,21)(H,17,18,19,20). The second kappa shape index (κ2) is 5.61. The molecule has 1 fully saturated rings. The lowest BCUT2D eigenvalue weighted by atomic mass is 9.66. The molecule has 21 heavy (non-hydrogen) atoms. The van der Waals surface area contributed by atoms with Crippen molar-refractivity contribution in [3.05, 3.63) is 24.3 Å². The molecule has 0 atom stereocenters. The summed E-state index contributed by atoms with van der Waals surface area (Å²) < 4.78 is 0. The average molecular weight is 286 g/mol. The van der Waals surface area contributed by atoms with E-state index < -0.39 is 0 Å². The molecule has 1 heterocycles. The lowest BCUT2D eigenvalue weighted by molar-refractivity contribution is -0.119. The van der Waals surface area contributed by atoms with Crippen molar-refractivity contribution in [3.8, 4) is 11.4 Å². The van der Waals surface area contributed by atoms with Crippen molar-refractivity contribution in [3.63, 3.8) is 0 Å². The van der Waals surface area contributed by atoms with Gasteiger partial charge in [0.2, 0.25) is 11.7 Å². The number of carbonyl (C=O) groups is 1. The molecule has 0 aliphatic heterocycles. The number of aromatic nitrogens is 4. The van der Waals surface area contributed by atoms with Crippen molar-refractivity contribution in [2.75, 3.05) is 11.9 Å². The fourth-order valence-corrected chi connectivity index (χ4v) is 2.70. The van der Waals surface area contributed by atoms with Crippen LogP contribution in [0.3, 0.4) is 0 Å². The normalized spacial score (nSPS) is 16.2. The van der Waals surface area contributed by atoms with Gasteiger partial charge >= 0.3 is 0 Å². The van der Waals surface area contributed by atoms with E-state index in [1.807, 2.05) is 24.3 Å². The Morgan fingerprint density at radius 3 is 2.90 bits per heavy atom. The van der Waals surface area contributed by atoms with Crippen LogP contribution in [0.5, 0.6) is 0 Å². The third kappa shape index (κ3) is 2.92. The molecule has 4 N–H and O–H groups in total. The number of carbonyl (C=O) groups excluding carboxylic acids is 1. The van der Waals surface area contributed by atoms with E-state index in [4.69, 9.17) is 5.73 Å². The second-order valence-corrected chi connectivity index (χ2v) is 5.60. The van der Waals surface area contributed by atoms with E-state index in [1.54, 1.807) is 0 Å². The topological polar surface area (TPSA) is 110 Å². The number of benzene rings is 1. The molecule has 2 aromatic rings. The molecule has 110 valence electrons. The van der Waals surface area contributed by atoms with Gasteiger partial charge in [-0.3, -0.25) is 4.79 Å². The summed E-state index contributed by atoms with van der Waals surface area (Å²) in [6.45, 7) is 0.573. The Kier molecular flexibility index (Phi) is 3.66. The first kappa shape index (κ1) is 13.7. The second-order valence-electron chi connectivity index (χ2n) is 5.60. The minimum Gasteiger partial charge on any atom is -0.330 e. The maximum atomic E-state index is 12.2. The van der Waals surface area contributed by atoms with Crippen LogP contribution in [0.15, 0.2) is 24.3 Å². The van der Waals surface area contributed by atoms with Gasteiger partial charge in [0.05, 0.1) is 0 Å². The van der Waals surface area contributed by atoms with E-state index in [0.717, 1.165) is 30.5 Å². The summed E-state index contributed by atoms with van der Waals surface area (Å²) in [6, 6.07) is 7.40. The number of amides is 1. The van der Waals surface area contributed by atoms with Crippen LogP contribution in [0.4, 0.5) is 5.69 Å². The number of hydrogen-bond acceptors (Lipinski definition) is 5. The predicted octanol–water partition coefficient (Wildman–Crippen LogP) is 1.32. The lowest BCUT2D eigenvalue weighted by Gasteiger charge is -2.40. The Labute approximate surface area is 122 Å². The number of rotatable bonds is 5. The minimum atomic E-state index is 0.00501. The zero-order chi connectivity index (χ0) is 14.7. The zero-order valence-corrected chi connectivity index (χ0v) is 11.7. The minimum absolute atomic E-state index is 0.00501. The van der Waals surface area contributed by atoms with Crippen LogP contribution in [0.25, 0.3) is 11.4 Å². The van der Waals surface area contributed by atoms with Gasteiger partial charge in [0.25, 0.3) is 0 Å². The molecule has 1 aromatic heterocycles. The fraction of sp³-hybridized carbons (Fsp3) is 0.429. The van der Waals surface area contributed by atoms with Gasteiger partial charge in [-0.15, -0.1) is 10.2 Å². The van der Waals surface area contributed by atoms with Gasteiger partial charge in [0.1, 0.15) is 0 Å². The molecule has 0 bridgehead atoms. The smallest absolute Gasteiger partial charge is 0.224 e. The Bertz CT molecular complexity index is 615. The predicted molar refractivity (Wildman–Crippen MR) is 78.2 cm³/mol. The van der Waals surface area contributed by atoms with E-state index in [-0.39, 0.29) is 11.3 Å². The summed E-state index contributed by atoms with van der Waals surface area (Å²) in [5.41, 5.74) is 7.34. The number of nitrogens with zero attached hydrogens (tertiary/aromatic N) is 3. The highest BCUT2D eigenvalue weighted by Gasteiger charge is 2.37. The van der Waals surface area contributed by atoms with Crippen LogP contribution < -0.4 is 11.1 Å². The first-order chi connectivity index (χ1) is 10.2. The van der Waals surface area contributed by atoms with E-state index in [1.165, 1.54) is 0 Å². The number of tetrazole rings is 1. The van der Waals surface area contributed by atoms with Gasteiger partial charge in [-0.25, -0.2) is 0 Å². The van der Waals surface area contributed by atoms with E-state index in [9.17, 15) is 4.79 Å². The third-order valence-corrected chi connectivity index (χ3v) is 4.13. The van der Waals surface area contributed by atoms with Crippen molar-refractivity contribution in [2.24, 2.45) is 11.1 Å². The molecule has 1 amide bonds. The molecule has 0 unspecified atom stereocenters. The van der Waals surface area contributed by atoms with Gasteiger partial charge in [0, 0.05) is 17.7 Å². The van der Waals surface area contributed by atoms with E-state index in [2.05, 4.69) is 25.9 Å². The molecule has 1 saturated carbocycles. The molecule has 0 saturated heterocycles. The summed E-state index contributed by atoms with van der Waals surface area (Å²) >= 11 is 0. The lowest BCUT2D eigenvalue weighted by Crippen LogP contribution is -2.40. The van der Waals surface area contributed by atoms with Crippen LogP contribution in [0, 0.1) is 5.41 Å². The van der Waals surface area contributed by atoms with Gasteiger partial charge in [-0.05, 0) is 42.1 Å². The number of nitrogens with two attached hydrogens (primary N) is 1. The molecule has 7 heteroatoms. The average Bonchev–Trinajstić information content (AvgIpc) is 2.97. The summed E-state index contributed by atoms with van der Waals surface area (Å²) in [6.07, 6.45) is 3.73. The molecular weight excluding hydrogens is 268 g/mol.